The van der Waals surface area contributed by atoms with Crippen LogP contribution in [0, 0.1) is 53.5 Å². The minimum absolute atomic E-state index is 0.163. The molecule has 2 aromatic carbocycles. The highest BCUT2D eigenvalue weighted by atomic mass is 19.2. The average molecular weight is 312 g/mol. The van der Waals surface area contributed by atoms with E-state index in [2.05, 4.69) is 0 Å². The molecule has 0 amide bonds. The molecule has 21 heavy (non-hydrogen) atoms. The fraction of sp³-hybridized carbons (Fsp3) is 0.0769. The van der Waals surface area contributed by atoms with E-state index in [0.29, 0.717) is 6.92 Å². The standard InChI is InChI=1S/C13H4F8/c1-3-8(16)7(12(20)13(21)9(3)17)6-4(14)2-5(15)10(18)11(6)19/h2H,1H3. The molecular weight excluding hydrogens is 308 g/mol. The van der Waals surface area contributed by atoms with Gasteiger partial charge in [-0.25, -0.2) is 35.1 Å². The number of hydrogen-bond donors (Lipinski definition) is 0. The zero-order chi connectivity index (χ0) is 16.1. The first-order chi connectivity index (χ1) is 9.68. The van der Waals surface area contributed by atoms with Crippen molar-refractivity contribution in [2.24, 2.45) is 0 Å². The molecule has 0 fully saturated rings. The fourth-order valence-electron chi connectivity index (χ4n) is 1.77. The Bertz CT molecular complexity index is 722. The van der Waals surface area contributed by atoms with E-state index in [0.717, 1.165) is 0 Å². The van der Waals surface area contributed by atoms with Crippen LogP contribution in [-0.2, 0) is 0 Å². The van der Waals surface area contributed by atoms with E-state index >= 15 is 0 Å². The van der Waals surface area contributed by atoms with E-state index in [-0.39, 0.29) is 6.07 Å². The molecule has 0 spiro atoms. The largest absolute Gasteiger partial charge is 0.206 e. The molecule has 0 aromatic heterocycles. The Morgan fingerprint density at radius 3 is 1.62 bits per heavy atom. The van der Waals surface area contributed by atoms with Crippen LogP contribution in [-0.4, -0.2) is 0 Å². The lowest BCUT2D eigenvalue weighted by molar-refractivity contribution is 0.423. The molecule has 0 nitrogen and oxygen atoms in total. The third-order valence-electron chi connectivity index (χ3n) is 2.85. The lowest BCUT2D eigenvalue weighted by atomic mass is 9.99. The second kappa shape index (κ2) is 5.01. The van der Waals surface area contributed by atoms with Crippen molar-refractivity contribution in [3.8, 4) is 11.1 Å². The third kappa shape index (κ3) is 2.14. The summed E-state index contributed by atoms with van der Waals surface area (Å²) in [6, 6.07) is -0.163. The first-order valence-corrected chi connectivity index (χ1v) is 5.34. The molecule has 2 aromatic rings. The SMILES string of the molecule is Cc1c(F)c(F)c(F)c(-c2c(F)cc(F)c(F)c2F)c1F. The summed E-state index contributed by atoms with van der Waals surface area (Å²) in [6.45, 7) is 0.687. The molecule has 0 aliphatic carbocycles. The average Bonchev–Trinajstić information content (AvgIpc) is 2.44. The second-order valence-electron chi connectivity index (χ2n) is 4.10. The summed E-state index contributed by atoms with van der Waals surface area (Å²) in [5.74, 6) is -16.4. The van der Waals surface area contributed by atoms with Gasteiger partial charge in [0, 0.05) is 11.6 Å². The summed E-state index contributed by atoms with van der Waals surface area (Å²) in [7, 11) is 0. The Morgan fingerprint density at radius 2 is 1.05 bits per heavy atom. The quantitative estimate of drug-likeness (QED) is 0.404. The van der Waals surface area contributed by atoms with E-state index in [1.165, 1.54) is 0 Å². The van der Waals surface area contributed by atoms with Crippen molar-refractivity contribution in [2.75, 3.05) is 0 Å². The van der Waals surface area contributed by atoms with Gasteiger partial charge in [0.25, 0.3) is 0 Å². The molecule has 0 bridgehead atoms. The van der Waals surface area contributed by atoms with Gasteiger partial charge in [-0.15, -0.1) is 0 Å². The molecule has 0 saturated heterocycles. The summed E-state index contributed by atoms with van der Waals surface area (Å²) >= 11 is 0. The molecule has 0 heterocycles. The first kappa shape index (κ1) is 15.3. The van der Waals surface area contributed by atoms with Gasteiger partial charge in [0.15, 0.2) is 34.9 Å². The monoisotopic (exact) mass is 312 g/mol. The van der Waals surface area contributed by atoms with Crippen molar-refractivity contribution in [3.05, 3.63) is 58.2 Å². The Kier molecular flexibility index (Phi) is 3.65. The zero-order valence-corrected chi connectivity index (χ0v) is 10.1. The molecule has 0 N–H and O–H groups in total. The van der Waals surface area contributed by atoms with Gasteiger partial charge in [-0.2, -0.15) is 0 Å². The molecule has 0 radical (unpaired) electrons. The molecule has 0 unspecified atom stereocenters. The highest BCUT2D eigenvalue weighted by molar-refractivity contribution is 5.67. The van der Waals surface area contributed by atoms with Crippen LogP contribution in [0.25, 0.3) is 11.1 Å². The van der Waals surface area contributed by atoms with Gasteiger partial charge in [-0.1, -0.05) is 0 Å². The first-order valence-electron chi connectivity index (χ1n) is 5.34. The Hall–Kier alpha value is -2.12. The molecular formula is C13H4F8. The van der Waals surface area contributed by atoms with Crippen molar-refractivity contribution >= 4 is 0 Å². The van der Waals surface area contributed by atoms with E-state index in [9.17, 15) is 35.1 Å². The number of halogens is 8. The fourth-order valence-corrected chi connectivity index (χ4v) is 1.77. The summed E-state index contributed by atoms with van der Waals surface area (Å²) in [6.07, 6.45) is 0. The van der Waals surface area contributed by atoms with Crippen LogP contribution in [0.5, 0.6) is 0 Å². The minimum Gasteiger partial charge on any atom is -0.206 e. The maximum Gasteiger partial charge on any atom is 0.195 e. The van der Waals surface area contributed by atoms with E-state index in [1.54, 1.807) is 0 Å². The second-order valence-corrected chi connectivity index (χ2v) is 4.10. The van der Waals surface area contributed by atoms with E-state index in [4.69, 9.17) is 0 Å². The highest BCUT2D eigenvalue weighted by Gasteiger charge is 2.30. The van der Waals surface area contributed by atoms with Gasteiger partial charge in [-0.05, 0) is 6.92 Å². The van der Waals surface area contributed by atoms with Crippen molar-refractivity contribution in [1.29, 1.82) is 0 Å². The van der Waals surface area contributed by atoms with Crippen LogP contribution in [0.4, 0.5) is 35.1 Å². The summed E-state index contributed by atoms with van der Waals surface area (Å²) < 4.78 is 107. The van der Waals surface area contributed by atoms with Crippen molar-refractivity contribution in [1.82, 2.24) is 0 Å². The van der Waals surface area contributed by atoms with Gasteiger partial charge in [-0.3, -0.25) is 0 Å². The maximum atomic E-state index is 13.8. The molecule has 0 aliphatic heterocycles. The molecule has 2 rings (SSSR count). The lowest BCUT2D eigenvalue weighted by Crippen LogP contribution is -2.07. The van der Waals surface area contributed by atoms with Crippen LogP contribution in [0.2, 0.25) is 0 Å². The van der Waals surface area contributed by atoms with Crippen LogP contribution in [0.3, 0.4) is 0 Å². The smallest absolute Gasteiger partial charge is 0.195 e. The van der Waals surface area contributed by atoms with Crippen LogP contribution in [0.1, 0.15) is 5.56 Å². The van der Waals surface area contributed by atoms with Crippen LogP contribution < -0.4 is 0 Å². The van der Waals surface area contributed by atoms with Crippen LogP contribution in [0.15, 0.2) is 6.07 Å². The number of benzene rings is 2. The summed E-state index contributed by atoms with van der Waals surface area (Å²) in [5.41, 5.74) is -4.38. The Labute approximate surface area is 112 Å². The highest BCUT2D eigenvalue weighted by Crippen LogP contribution is 2.36. The molecule has 0 saturated carbocycles. The lowest BCUT2D eigenvalue weighted by Gasteiger charge is -2.12. The van der Waals surface area contributed by atoms with Gasteiger partial charge in [0.1, 0.15) is 11.6 Å². The maximum absolute atomic E-state index is 13.8. The molecule has 0 atom stereocenters. The van der Waals surface area contributed by atoms with E-state index in [1.807, 2.05) is 0 Å². The number of rotatable bonds is 1. The van der Waals surface area contributed by atoms with E-state index < -0.39 is 63.2 Å². The van der Waals surface area contributed by atoms with Crippen molar-refractivity contribution in [2.45, 2.75) is 6.92 Å². The normalized spacial score (nSPS) is 11.1. The van der Waals surface area contributed by atoms with Crippen LogP contribution >= 0.6 is 0 Å². The van der Waals surface area contributed by atoms with Crippen molar-refractivity contribution in [3.63, 3.8) is 0 Å². The topological polar surface area (TPSA) is 0 Å². The predicted octanol–water partition coefficient (Wildman–Crippen LogP) is 4.77. The Balaban J connectivity index is 2.96. The summed E-state index contributed by atoms with van der Waals surface area (Å²) in [4.78, 5) is 0. The zero-order valence-electron chi connectivity index (χ0n) is 10.1. The molecule has 0 aliphatic rings. The van der Waals surface area contributed by atoms with Gasteiger partial charge < -0.3 is 0 Å². The molecule has 8 heteroatoms. The van der Waals surface area contributed by atoms with Gasteiger partial charge in [0.05, 0.1) is 11.1 Å². The Morgan fingerprint density at radius 1 is 0.524 bits per heavy atom. The van der Waals surface area contributed by atoms with Gasteiger partial charge in [0.2, 0.25) is 0 Å². The third-order valence-corrected chi connectivity index (χ3v) is 2.85. The van der Waals surface area contributed by atoms with Gasteiger partial charge >= 0.3 is 0 Å². The minimum atomic E-state index is -2.25. The molecule has 112 valence electrons. The predicted molar refractivity (Wildman–Crippen MR) is 56.3 cm³/mol. The number of hydrogen-bond acceptors (Lipinski definition) is 0. The summed E-state index contributed by atoms with van der Waals surface area (Å²) in [5, 5.41) is 0. The van der Waals surface area contributed by atoms with Crippen molar-refractivity contribution < 1.29 is 35.1 Å².